The van der Waals surface area contributed by atoms with Crippen LogP contribution in [-0.2, 0) is 20.8 Å². The van der Waals surface area contributed by atoms with E-state index >= 15 is 0 Å². The second-order valence-corrected chi connectivity index (χ2v) is 5.21. The normalized spacial score (nSPS) is 9.96. The van der Waals surface area contributed by atoms with E-state index in [2.05, 4.69) is 4.84 Å². The number of hydrogen-bond acceptors (Lipinski definition) is 6. The van der Waals surface area contributed by atoms with E-state index in [0.717, 1.165) is 22.1 Å². The molecule has 2 rings (SSSR count). The summed E-state index contributed by atoms with van der Waals surface area (Å²) in [6.07, 6.45) is 1.18. The summed E-state index contributed by atoms with van der Waals surface area (Å²) in [5, 5.41) is 11.2. The van der Waals surface area contributed by atoms with E-state index in [0.29, 0.717) is 12.8 Å². The van der Waals surface area contributed by atoms with Crippen LogP contribution in [0.5, 0.6) is 5.75 Å². The van der Waals surface area contributed by atoms with Gasteiger partial charge in [-0.2, -0.15) is 0 Å². The minimum atomic E-state index is -0.832. The molecule has 0 aliphatic heterocycles. The topological polar surface area (TPSA) is 87.9 Å². The number of rotatable bonds is 9. The van der Waals surface area contributed by atoms with Crippen molar-refractivity contribution in [1.82, 2.24) is 0 Å². The van der Waals surface area contributed by atoms with Crippen LogP contribution in [0, 0.1) is 10.1 Å². The first-order valence-electron chi connectivity index (χ1n) is 7.58. The molecule has 25 heavy (non-hydrogen) atoms. The lowest BCUT2D eigenvalue weighted by atomic mass is 10.0. The minimum Gasteiger partial charge on any atom is -0.497 e. The molecule has 0 atom stereocenters. The van der Waals surface area contributed by atoms with Gasteiger partial charge in [-0.05, 0) is 41.3 Å². The molecule has 0 bridgehead atoms. The highest BCUT2D eigenvalue weighted by Gasteiger charge is 2.06. The molecule has 0 unspecified atom stereocenters. The summed E-state index contributed by atoms with van der Waals surface area (Å²) in [4.78, 5) is 25.9. The van der Waals surface area contributed by atoms with Crippen molar-refractivity contribution < 1.29 is 24.2 Å². The maximum absolute atomic E-state index is 11.8. The molecular formula is C18H23NO6. The third kappa shape index (κ3) is 6.66. The number of ether oxygens (including phenoxy) is 2. The van der Waals surface area contributed by atoms with Crippen LogP contribution in [0.1, 0.15) is 25.8 Å². The number of carbonyl (C=O) groups excluding carboxylic acids is 1. The SMILES string of the molecule is C.COc1ccc2cc(CC(=O)OCCCCO[N+](=O)[O-])ccc2c1. The van der Waals surface area contributed by atoms with E-state index in [1.165, 1.54) is 0 Å². The molecule has 0 saturated carbocycles. The van der Waals surface area contributed by atoms with Gasteiger partial charge in [-0.15, -0.1) is 10.1 Å². The van der Waals surface area contributed by atoms with E-state index in [-0.39, 0.29) is 33.0 Å². The first-order chi connectivity index (χ1) is 11.6. The quantitative estimate of drug-likeness (QED) is 0.298. The summed E-state index contributed by atoms with van der Waals surface area (Å²) in [5.74, 6) is 0.466. The number of nitrogens with zero attached hydrogens (tertiary/aromatic N) is 1. The number of hydrogen-bond donors (Lipinski definition) is 0. The van der Waals surface area contributed by atoms with Crippen LogP contribution in [0.25, 0.3) is 10.8 Å². The molecule has 2 aromatic carbocycles. The van der Waals surface area contributed by atoms with Gasteiger partial charge < -0.3 is 14.3 Å². The van der Waals surface area contributed by atoms with Crippen LogP contribution in [0.4, 0.5) is 0 Å². The van der Waals surface area contributed by atoms with Crippen LogP contribution in [0.2, 0.25) is 0 Å². The summed E-state index contributed by atoms with van der Waals surface area (Å²) >= 11 is 0. The van der Waals surface area contributed by atoms with Gasteiger partial charge in [0.1, 0.15) is 5.75 Å². The van der Waals surface area contributed by atoms with E-state index in [4.69, 9.17) is 9.47 Å². The van der Waals surface area contributed by atoms with Gasteiger partial charge in [0.25, 0.3) is 5.09 Å². The van der Waals surface area contributed by atoms with Gasteiger partial charge >= 0.3 is 5.97 Å². The van der Waals surface area contributed by atoms with Crippen molar-refractivity contribution in [3.8, 4) is 5.75 Å². The number of fused-ring (bicyclic) bond motifs is 1. The van der Waals surface area contributed by atoms with Crippen LogP contribution < -0.4 is 4.74 Å². The fourth-order valence-electron chi connectivity index (χ4n) is 2.26. The summed E-state index contributed by atoms with van der Waals surface area (Å²) in [7, 11) is 1.62. The minimum absolute atomic E-state index is 0. The van der Waals surface area contributed by atoms with Crippen LogP contribution in [0.15, 0.2) is 36.4 Å². The zero-order valence-electron chi connectivity index (χ0n) is 13.4. The molecule has 0 aromatic heterocycles. The zero-order chi connectivity index (χ0) is 17.4. The van der Waals surface area contributed by atoms with Gasteiger partial charge in [0, 0.05) is 0 Å². The Hall–Kier alpha value is -2.83. The molecule has 0 aliphatic rings. The molecule has 0 N–H and O–H groups in total. The molecule has 7 nitrogen and oxygen atoms in total. The number of unbranched alkanes of at least 4 members (excludes halogenated alkanes) is 1. The van der Waals surface area contributed by atoms with Gasteiger partial charge in [-0.3, -0.25) is 4.79 Å². The molecule has 0 radical (unpaired) electrons. The van der Waals surface area contributed by atoms with Gasteiger partial charge in [0.05, 0.1) is 26.7 Å². The molecule has 0 saturated heterocycles. The lowest BCUT2D eigenvalue weighted by Gasteiger charge is -2.07. The fourth-order valence-corrected chi connectivity index (χ4v) is 2.26. The highest BCUT2D eigenvalue weighted by molar-refractivity contribution is 5.85. The first kappa shape index (κ1) is 20.2. The lowest BCUT2D eigenvalue weighted by molar-refractivity contribution is -0.757. The van der Waals surface area contributed by atoms with Crippen molar-refractivity contribution in [2.45, 2.75) is 26.7 Å². The molecule has 0 amide bonds. The van der Waals surface area contributed by atoms with Crippen molar-refractivity contribution in [2.24, 2.45) is 0 Å². The van der Waals surface area contributed by atoms with Gasteiger partial charge in [0.15, 0.2) is 0 Å². The molecule has 0 aliphatic carbocycles. The highest BCUT2D eigenvalue weighted by atomic mass is 16.9. The van der Waals surface area contributed by atoms with Crippen LogP contribution >= 0.6 is 0 Å². The molecule has 7 heteroatoms. The Morgan fingerprint density at radius 1 is 1.08 bits per heavy atom. The van der Waals surface area contributed by atoms with Gasteiger partial charge in [-0.25, -0.2) is 0 Å². The van der Waals surface area contributed by atoms with Crippen molar-refractivity contribution >= 4 is 16.7 Å². The second kappa shape index (κ2) is 10.1. The second-order valence-electron chi connectivity index (χ2n) is 5.21. The predicted molar refractivity (Wildman–Crippen MR) is 94.1 cm³/mol. The van der Waals surface area contributed by atoms with Crippen molar-refractivity contribution in [3.63, 3.8) is 0 Å². The Balaban J connectivity index is 0.00000312. The molecule has 2 aromatic rings. The molecular weight excluding hydrogens is 326 g/mol. The van der Waals surface area contributed by atoms with E-state index in [1.54, 1.807) is 7.11 Å². The predicted octanol–water partition coefficient (Wildman–Crippen LogP) is 3.56. The van der Waals surface area contributed by atoms with Crippen LogP contribution in [-0.4, -0.2) is 31.4 Å². The van der Waals surface area contributed by atoms with Crippen molar-refractivity contribution in [1.29, 1.82) is 0 Å². The number of carbonyl (C=O) groups is 1. The standard InChI is InChI=1S/C17H19NO6.CH4/c1-22-16-7-6-14-10-13(4-5-15(14)12-16)11-17(19)23-8-2-3-9-24-18(20)21;/h4-7,10,12H,2-3,8-9,11H2,1H3;1H4. The van der Waals surface area contributed by atoms with Crippen LogP contribution in [0.3, 0.4) is 0 Å². The average Bonchev–Trinajstić information content (AvgIpc) is 2.57. The molecule has 136 valence electrons. The monoisotopic (exact) mass is 349 g/mol. The summed E-state index contributed by atoms with van der Waals surface area (Å²) in [6, 6.07) is 11.5. The maximum Gasteiger partial charge on any atom is 0.310 e. The van der Waals surface area contributed by atoms with Crippen molar-refractivity contribution in [2.75, 3.05) is 20.3 Å². The fraction of sp³-hybridized carbons (Fsp3) is 0.389. The summed E-state index contributed by atoms with van der Waals surface area (Å²) in [5.41, 5.74) is 0.870. The highest BCUT2D eigenvalue weighted by Crippen LogP contribution is 2.22. The first-order valence-corrected chi connectivity index (χ1v) is 7.58. The summed E-state index contributed by atoms with van der Waals surface area (Å²) < 4.78 is 10.3. The Bertz CT molecular complexity index is 716. The number of methoxy groups -OCH3 is 1. The largest absolute Gasteiger partial charge is 0.497 e. The molecule has 0 heterocycles. The number of esters is 1. The van der Waals surface area contributed by atoms with Crippen molar-refractivity contribution in [3.05, 3.63) is 52.1 Å². The third-order valence-corrected chi connectivity index (χ3v) is 3.46. The van der Waals surface area contributed by atoms with E-state index < -0.39 is 5.09 Å². The lowest BCUT2D eigenvalue weighted by Crippen LogP contribution is -2.10. The summed E-state index contributed by atoms with van der Waals surface area (Å²) in [6.45, 7) is 0.239. The number of benzene rings is 2. The van der Waals surface area contributed by atoms with E-state index in [1.807, 2.05) is 36.4 Å². The maximum atomic E-state index is 11.8. The van der Waals surface area contributed by atoms with Gasteiger partial charge in [-0.1, -0.05) is 31.7 Å². The smallest absolute Gasteiger partial charge is 0.310 e. The Kier molecular flexibility index (Phi) is 8.18. The Morgan fingerprint density at radius 3 is 2.48 bits per heavy atom. The molecule has 0 fully saturated rings. The van der Waals surface area contributed by atoms with Gasteiger partial charge in [0.2, 0.25) is 0 Å². The Labute approximate surface area is 146 Å². The van der Waals surface area contributed by atoms with E-state index in [9.17, 15) is 14.9 Å². The zero-order valence-corrected chi connectivity index (χ0v) is 13.4. The average molecular weight is 349 g/mol. The Morgan fingerprint density at radius 2 is 1.76 bits per heavy atom. The molecule has 0 spiro atoms. The third-order valence-electron chi connectivity index (χ3n) is 3.46.